The third kappa shape index (κ3) is 3.80. The fourth-order valence-corrected chi connectivity index (χ4v) is 1.64. The molecule has 86 valence electrons. The zero-order valence-corrected chi connectivity index (χ0v) is 10.9. The Hall–Kier alpha value is -1.11. The van der Waals surface area contributed by atoms with Crippen LogP contribution in [-0.2, 0) is 14.3 Å². The molecule has 0 atom stereocenters. The Morgan fingerprint density at radius 1 is 1.31 bits per heavy atom. The van der Waals surface area contributed by atoms with Crippen LogP contribution in [0.1, 0.15) is 16.8 Å². The van der Waals surface area contributed by atoms with E-state index in [1.54, 1.807) is 12.1 Å². The summed E-state index contributed by atoms with van der Waals surface area (Å²) in [5.41, 5.74) is 0.507. The fourth-order valence-electron chi connectivity index (χ4n) is 1.03. The number of methoxy groups -OCH3 is 1. The summed E-state index contributed by atoms with van der Waals surface area (Å²) < 4.78 is 10.2. The van der Waals surface area contributed by atoms with E-state index in [0.717, 1.165) is 3.57 Å². The maximum Gasteiger partial charge on any atom is 0.339 e. The Bertz CT molecular complexity index is 389. The minimum absolute atomic E-state index is 0.0382. The van der Waals surface area contributed by atoms with Crippen LogP contribution in [0.25, 0.3) is 0 Å². The van der Waals surface area contributed by atoms with Crippen molar-refractivity contribution in [1.82, 2.24) is 0 Å². The van der Waals surface area contributed by atoms with Crippen molar-refractivity contribution in [2.45, 2.75) is 6.42 Å². The first-order valence-electron chi connectivity index (χ1n) is 4.63. The maximum atomic E-state index is 11.6. The van der Waals surface area contributed by atoms with E-state index in [1.165, 1.54) is 7.11 Å². The van der Waals surface area contributed by atoms with Crippen LogP contribution in [0.2, 0.25) is 0 Å². The van der Waals surface area contributed by atoms with Gasteiger partial charge in [0.05, 0.1) is 19.1 Å². The largest absolute Gasteiger partial charge is 0.469 e. The number of esters is 2. The minimum Gasteiger partial charge on any atom is -0.469 e. The number of hydrogen-bond donors (Lipinski definition) is 0. The van der Waals surface area contributed by atoms with E-state index in [4.69, 9.17) is 4.74 Å². The molecular weight excluding hydrogens is 323 g/mol. The zero-order chi connectivity index (χ0) is 12.0. The second-order valence-corrected chi connectivity index (χ2v) is 4.10. The van der Waals surface area contributed by atoms with E-state index in [0.29, 0.717) is 5.56 Å². The summed E-state index contributed by atoms with van der Waals surface area (Å²) in [6.07, 6.45) is 0.0751. The lowest BCUT2D eigenvalue weighted by atomic mass is 10.2. The molecule has 0 heterocycles. The zero-order valence-electron chi connectivity index (χ0n) is 8.73. The van der Waals surface area contributed by atoms with Gasteiger partial charge in [0.15, 0.2) is 0 Å². The van der Waals surface area contributed by atoms with Gasteiger partial charge in [-0.05, 0) is 34.7 Å². The van der Waals surface area contributed by atoms with Gasteiger partial charge < -0.3 is 9.47 Å². The molecule has 4 nitrogen and oxygen atoms in total. The van der Waals surface area contributed by atoms with Crippen molar-refractivity contribution >= 4 is 34.5 Å². The first-order chi connectivity index (χ1) is 7.65. The molecule has 5 heteroatoms. The van der Waals surface area contributed by atoms with Crippen LogP contribution in [0.3, 0.4) is 0 Å². The standard InChI is InChI=1S/C11H11IO4/c1-15-10(13)6-7-16-11(14)8-4-2-3-5-9(8)12/h2-5H,6-7H2,1H3. The van der Waals surface area contributed by atoms with Gasteiger partial charge in [0.2, 0.25) is 0 Å². The van der Waals surface area contributed by atoms with Gasteiger partial charge in [-0.25, -0.2) is 4.79 Å². The molecule has 0 amide bonds. The molecule has 0 unspecified atom stereocenters. The van der Waals surface area contributed by atoms with E-state index in [-0.39, 0.29) is 13.0 Å². The highest BCUT2D eigenvalue weighted by Crippen LogP contribution is 2.12. The van der Waals surface area contributed by atoms with Crippen molar-refractivity contribution in [2.24, 2.45) is 0 Å². The van der Waals surface area contributed by atoms with Gasteiger partial charge >= 0.3 is 11.9 Å². The lowest BCUT2D eigenvalue weighted by Gasteiger charge is -2.05. The number of benzene rings is 1. The molecule has 1 rings (SSSR count). The van der Waals surface area contributed by atoms with Gasteiger partial charge in [-0.3, -0.25) is 4.79 Å². The molecule has 0 aliphatic heterocycles. The Balaban J connectivity index is 2.47. The molecule has 0 bridgehead atoms. The molecule has 16 heavy (non-hydrogen) atoms. The van der Waals surface area contributed by atoms with Gasteiger partial charge in [0.1, 0.15) is 6.61 Å². The molecule has 1 aromatic rings. The van der Waals surface area contributed by atoms with Crippen LogP contribution in [0, 0.1) is 3.57 Å². The summed E-state index contributed by atoms with van der Waals surface area (Å²) in [5.74, 6) is -0.815. The molecule has 0 aliphatic rings. The van der Waals surface area contributed by atoms with E-state index in [9.17, 15) is 9.59 Å². The summed E-state index contributed by atoms with van der Waals surface area (Å²) in [6, 6.07) is 7.10. The summed E-state index contributed by atoms with van der Waals surface area (Å²) >= 11 is 2.06. The van der Waals surface area contributed by atoms with Crippen molar-refractivity contribution in [1.29, 1.82) is 0 Å². The van der Waals surface area contributed by atoms with Crippen molar-refractivity contribution < 1.29 is 19.1 Å². The fraction of sp³-hybridized carbons (Fsp3) is 0.273. The Morgan fingerprint density at radius 3 is 2.62 bits per heavy atom. The van der Waals surface area contributed by atoms with E-state index < -0.39 is 11.9 Å². The molecule has 0 spiro atoms. The van der Waals surface area contributed by atoms with E-state index in [2.05, 4.69) is 27.3 Å². The van der Waals surface area contributed by atoms with E-state index >= 15 is 0 Å². The van der Waals surface area contributed by atoms with Crippen LogP contribution in [-0.4, -0.2) is 25.7 Å². The Kier molecular flexibility index (Phi) is 5.24. The maximum absolute atomic E-state index is 11.6. The van der Waals surface area contributed by atoms with Crippen LogP contribution >= 0.6 is 22.6 Å². The number of carbonyl (C=O) groups excluding carboxylic acids is 2. The predicted octanol–water partition coefficient (Wildman–Crippen LogP) is 2.01. The monoisotopic (exact) mass is 334 g/mol. The second kappa shape index (κ2) is 6.47. The highest BCUT2D eigenvalue weighted by Gasteiger charge is 2.11. The number of hydrogen-bond acceptors (Lipinski definition) is 4. The van der Waals surface area contributed by atoms with Crippen LogP contribution in [0.4, 0.5) is 0 Å². The molecule has 1 aromatic carbocycles. The van der Waals surface area contributed by atoms with Crippen LogP contribution in [0.5, 0.6) is 0 Å². The lowest BCUT2D eigenvalue weighted by Crippen LogP contribution is -2.11. The SMILES string of the molecule is COC(=O)CCOC(=O)c1ccccc1I. The van der Waals surface area contributed by atoms with Gasteiger partial charge in [0, 0.05) is 3.57 Å². The normalized spacial score (nSPS) is 9.62. The number of rotatable bonds is 4. The molecule has 0 aromatic heterocycles. The predicted molar refractivity (Wildman–Crippen MR) is 66.1 cm³/mol. The van der Waals surface area contributed by atoms with Crippen molar-refractivity contribution in [3.05, 3.63) is 33.4 Å². The molecule has 0 fully saturated rings. The second-order valence-electron chi connectivity index (χ2n) is 2.94. The number of ether oxygens (including phenoxy) is 2. The van der Waals surface area contributed by atoms with E-state index in [1.807, 2.05) is 12.1 Å². The van der Waals surface area contributed by atoms with Gasteiger partial charge in [-0.15, -0.1) is 0 Å². The van der Waals surface area contributed by atoms with Gasteiger partial charge in [-0.1, -0.05) is 12.1 Å². The topological polar surface area (TPSA) is 52.6 Å². The Morgan fingerprint density at radius 2 is 2.00 bits per heavy atom. The lowest BCUT2D eigenvalue weighted by molar-refractivity contribution is -0.141. The number of carbonyl (C=O) groups is 2. The van der Waals surface area contributed by atoms with Crippen molar-refractivity contribution in [3.8, 4) is 0 Å². The average Bonchev–Trinajstić information content (AvgIpc) is 2.29. The van der Waals surface area contributed by atoms with Crippen LogP contribution < -0.4 is 0 Å². The Labute approximate surface area is 107 Å². The minimum atomic E-state index is -0.422. The van der Waals surface area contributed by atoms with Crippen LogP contribution in [0.15, 0.2) is 24.3 Å². The summed E-state index contributed by atoms with van der Waals surface area (Å²) in [4.78, 5) is 22.3. The molecule has 0 aliphatic carbocycles. The first kappa shape index (κ1) is 13.0. The highest BCUT2D eigenvalue weighted by atomic mass is 127. The average molecular weight is 334 g/mol. The quantitative estimate of drug-likeness (QED) is 0.624. The third-order valence-corrected chi connectivity index (χ3v) is 2.80. The molecule has 0 saturated heterocycles. The van der Waals surface area contributed by atoms with Crippen molar-refractivity contribution in [3.63, 3.8) is 0 Å². The first-order valence-corrected chi connectivity index (χ1v) is 5.71. The van der Waals surface area contributed by atoms with Crippen molar-refractivity contribution in [2.75, 3.05) is 13.7 Å². The number of halogens is 1. The molecule has 0 N–H and O–H groups in total. The van der Waals surface area contributed by atoms with Gasteiger partial charge in [-0.2, -0.15) is 0 Å². The smallest absolute Gasteiger partial charge is 0.339 e. The third-order valence-electron chi connectivity index (χ3n) is 1.86. The molecule has 0 saturated carbocycles. The molecule has 0 radical (unpaired) electrons. The molecular formula is C11H11IO4. The summed E-state index contributed by atoms with van der Waals surface area (Å²) in [6.45, 7) is 0.0382. The van der Waals surface area contributed by atoms with Gasteiger partial charge in [0.25, 0.3) is 0 Å². The highest BCUT2D eigenvalue weighted by molar-refractivity contribution is 14.1. The summed E-state index contributed by atoms with van der Waals surface area (Å²) in [5, 5.41) is 0. The summed E-state index contributed by atoms with van der Waals surface area (Å²) in [7, 11) is 1.30.